The van der Waals surface area contributed by atoms with Crippen molar-refractivity contribution in [2.45, 2.75) is 94.5 Å². The van der Waals surface area contributed by atoms with E-state index >= 15 is 0 Å². The number of hydrogen-bond acceptors (Lipinski definition) is 13. The summed E-state index contributed by atoms with van der Waals surface area (Å²) in [5.41, 5.74) is 1.15. The SMILES string of the molecule is N#Cc1ccc(OC2CCC(NC(=O)c3cnc(N4CCC(CN(CC5COC5)C5CC(Oc6ccc7c(c6)C(=O)N([C@@H]6CCC(=O)NC6=O)C7=O)C5)CC4)cn3)CC2)cc1Cl. The standard InChI is InChI=1S/C45H49ClN8O8/c46-37-18-33(4-1-28(37)19-47)61-31-5-2-29(3-6-31)50-42(56)38-20-49-40(21-48-38)52-13-11-26(12-14-52)22-53(23-27-24-60-25-27)30-15-34(16-30)62-32-7-8-35-36(17-32)45(59)54(44(35)58)39-9-10-41(55)51-43(39)57/h1,4,7-8,17-18,20-21,26-27,29-31,34,39H,2-3,5-6,9-16,22-25H2,(H,50,56)(H,51,55,57)/t29?,30?,31?,34?,39-/m1/s1. The van der Waals surface area contributed by atoms with Crippen LogP contribution in [-0.4, -0.2) is 119 Å². The van der Waals surface area contributed by atoms with E-state index < -0.39 is 29.7 Å². The molecule has 5 heterocycles. The van der Waals surface area contributed by atoms with Crippen molar-refractivity contribution < 1.29 is 38.2 Å². The molecule has 4 aliphatic heterocycles. The molecule has 2 aromatic carbocycles. The summed E-state index contributed by atoms with van der Waals surface area (Å²) in [4.78, 5) is 78.6. The highest BCUT2D eigenvalue weighted by Crippen LogP contribution is 2.36. The molecule has 5 amide bonds. The first-order valence-electron chi connectivity index (χ1n) is 21.7. The Bertz CT molecular complexity index is 2260. The lowest BCUT2D eigenvalue weighted by molar-refractivity contribution is -0.136. The van der Waals surface area contributed by atoms with Crippen molar-refractivity contribution in [3.05, 3.63) is 76.2 Å². The Hall–Kier alpha value is -5.63. The van der Waals surface area contributed by atoms with Crippen LogP contribution in [0.3, 0.4) is 0 Å². The highest BCUT2D eigenvalue weighted by atomic mass is 35.5. The van der Waals surface area contributed by atoms with Crippen LogP contribution >= 0.6 is 11.6 Å². The lowest BCUT2D eigenvalue weighted by Crippen LogP contribution is -2.54. The number of nitriles is 1. The van der Waals surface area contributed by atoms with Crippen molar-refractivity contribution >= 4 is 47.0 Å². The number of nitrogens with one attached hydrogen (secondary N) is 2. The first-order valence-corrected chi connectivity index (χ1v) is 22.0. The van der Waals surface area contributed by atoms with Crippen molar-refractivity contribution in [3.8, 4) is 17.6 Å². The van der Waals surface area contributed by atoms with Crippen LogP contribution in [0.5, 0.6) is 11.5 Å². The number of benzene rings is 2. The monoisotopic (exact) mass is 864 g/mol. The molecule has 9 rings (SSSR count). The molecule has 17 heteroatoms. The second-order valence-electron chi connectivity index (χ2n) is 17.4. The summed E-state index contributed by atoms with van der Waals surface area (Å²) in [6.45, 7) is 5.21. The molecule has 16 nitrogen and oxygen atoms in total. The van der Waals surface area contributed by atoms with Crippen molar-refractivity contribution in [2.75, 3.05) is 44.3 Å². The van der Waals surface area contributed by atoms with Gasteiger partial charge in [0.2, 0.25) is 11.8 Å². The Labute approximate surface area is 364 Å². The van der Waals surface area contributed by atoms with Crippen LogP contribution in [0.1, 0.15) is 101 Å². The normalized spacial score (nSPS) is 25.4. The van der Waals surface area contributed by atoms with Crippen molar-refractivity contribution in [2.24, 2.45) is 11.8 Å². The Balaban J connectivity index is 0.721. The number of piperidine rings is 2. The highest BCUT2D eigenvalue weighted by Gasteiger charge is 2.45. The zero-order chi connectivity index (χ0) is 42.9. The summed E-state index contributed by atoms with van der Waals surface area (Å²) >= 11 is 6.16. The fourth-order valence-electron chi connectivity index (χ4n) is 9.46. The minimum atomic E-state index is -1.01. The van der Waals surface area contributed by atoms with E-state index in [2.05, 4.69) is 36.5 Å². The number of aromatic nitrogens is 2. The van der Waals surface area contributed by atoms with E-state index in [1.54, 1.807) is 48.8 Å². The summed E-state index contributed by atoms with van der Waals surface area (Å²) in [7, 11) is 0. The van der Waals surface area contributed by atoms with Crippen LogP contribution in [0.15, 0.2) is 48.8 Å². The average molecular weight is 865 g/mol. The van der Waals surface area contributed by atoms with Crippen LogP contribution in [-0.2, 0) is 14.3 Å². The fourth-order valence-corrected chi connectivity index (χ4v) is 9.67. The number of amides is 5. The van der Waals surface area contributed by atoms with Gasteiger partial charge in [-0.25, -0.2) is 9.97 Å². The molecule has 0 radical (unpaired) electrons. The molecule has 2 N–H and O–H groups in total. The van der Waals surface area contributed by atoms with Crippen LogP contribution in [0.25, 0.3) is 0 Å². The number of imide groups is 2. The molecule has 5 fully saturated rings. The largest absolute Gasteiger partial charge is 0.490 e. The van der Waals surface area contributed by atoms with Gasteiger partial charge in [0.15, 0.2) is 0 Å². The molecule has 324 valence electrons. The fraction of sp³-hybridized carbons (Fsp3) is 0.511. The topological polar surface area (TPSA) is 196 Å². The van der Waals surface area contributed by atoms with E-state index in [4.69, 9.17) is 31.1 Å². The number of hydrogen-bond donors (Lipinski definition) is 2. The Morgan fingerprint density at radius 2 is 1.58 bits per heavy atom. The van der Waals surface area contributed by atoms with Crippen molar-refractivity contribution in [3.63, 3.8) is 0 Å². The van der Waals surface area contributed by atoms with Crippen LogP contribution in [0.2, 0.25) is 5.02 Å². The van der Waals surface area contributed by atoms with Gasteiger partial charge in [0.05, 0.1) is 53.4 Å². The van der Waals surface area contributed by atoms with E-state index in [9.17, 15) is 24.0 Å². The second kappa shape index (κ2) is 18.0. The first-order chi connectivity index (χ1) is 30.1. The summed E-state index contributed by atoms with van der Waals surface area (Å²) in [6.07, 6.45) is 10.3. The second-order valence-corrected chi connectivity index (χ2v) is 17.8. The molecule has 0 spiro atoms. The number of ether oxygens (including phenoxy) is 3. The number of halogens is 1. The van der Waals surface area contributed by atoms with Crippen molar-refractivity contribution in [1.29, 1.82) is 5.26 Å². The summed E-state index contributed by atoms with van der Waals surface area (Å²) in [6, 6.07) is 11.4. The van der Waals surface area contributed by atoms with Gasteiger partial charge in [-0.2, -0.15) is 5.26 Å². The predicted molar refractivity (Wildman–Crippen MR) is 224 cm³/mol. The number of nitrogens with zero attached hydrogens (tertiary/aromatic N) is 6. The van der Waals surface area contributed by atoms with Gasteiger partial charge in [0, 0.05) is 69.5 Å². The molecule has 3 saturated heterocycles. The summed E-state index contributed by atoms with van der Waals surface area (Å²) in [5.74, 6) is 0.588. The molecule has 2 saturated carbocycles. The third-order valence-electron chi connectivity index (χ3n) is 13.2. The molecule has 3 aromatic rings. The van der Waals surface area contributed by atoms with Gasteiger partial charge >= 0.3 is 0 Å². The van der Waals surface area contributed by atoms with E-state index in [-0.39, 0.29) is 48.1 Å². The quantitative estimate of drug-likeness (QED) is 0.231. The lowest BCUT2D eigenvalue weighted by Gasteiger charge is -2.46. The van der Waals surface area contributed by atoms with E-state index in [0.717, 1.165) is 101 Å². The summed E-state index contributed by atoms with van der Waals surface area (Å²) in [5, 5.41) is 14.8. The zero-order valence-electron chi connectivity index (χ0n) is 34.3. The van der Waals surface area contributed by atoms with Gasteiger partial charge < -0.3 is 24.4 Å². The Kier molecular flexibility index (Phi) is 12.1. The van der Waals surface area contributed by atoms with E-state index in [1.807, 2.05) is 0 Å². The highest BCUT2D eigenvalue weighted by molar-refractivity contribution is 6.31. The van der Waals surface area contributed by atoms with Gasteiger partial charge in [-0.3, -0.25) is 39.1 Å². The lowest BCUT2D eigenvalue weighted by atomic mass is 9.85. The zero-order valence-corrected chi connectivity index (χ0v) is 35.1. The maximum absolute atomic E-state index is 13.3. The van der Waals surface area contributed by atoms with Gasteiger partial charge in [0.1, 0.15) is 41.2 Å². The van der Waals surface area contributed by atoms with Crippen LogP contribution in [0, 0.1) is 23.2 Å². The molecule has 6 aliphatic rings. The number of rotatable bonds is 13. The predicted octanol–water partition coefficient (Wildman–Crippen LogP) is 4.30. The summed E-state index contributed by atoms with van der Waals surface area (Å²) < 4.78 is 17.9. The van der Waals surface area contributed by atoms with Crippen molar-refractivity contribution in [1.82, 2.24) is 30.4 Å². The van der Waals surface area contributed by atoms with Gasteiger partial charge in [-0.1, -0.05) is 11.6 Å². The third kappa shape index (κ3) is 8.97. The molecule has 0 unspecified atom stereocenters. The molecule has 1 atom stereocenters. The Morgan fingerprint density at radius 1 is 0.871 bits per heavy atom. The number of carbonyl (C=O) groups is 5. The number of carbonyl (C=O) groups excluding carboxylic acids is 5. The average Bonchev–Trinajstić information content (AvgIpc) is 3.48. The van der Waals surface area contributed by atoms with Gasteiger partial charge in [-0.15, -0.1) is 0 Å². The maximum atomic E-state index is 13.3. The third-order valence-corrected chi connectivity index (χ3v) is 13.5. The molecule has 0 bridgehead atoms. The maximum Gasteiger partial charge on any atom is 0.271 e. The molecular formula is C45H49ClN8O8. The molecular weight excluding hydrogens is 816 g/mol. The van der Waals surface area contributed by atoms with Gasteiger partial charge in [-0.05, 0) is 81.2 Å². The Morgan fingerprint density at radius 3 is 2.26 bits per heavy atom. The van der Waals surface area contributed by atoms with Crippen LogP contribution in [0.4, 0.5) is 5.82 Å². The smallest absolute Gasteiger partial charge is 0.271 e. The van der Waals surface area contributed by atoms with Crippen LogP contribution < -0.4 is 25.0 Å². The number of anilines is 1. The molecule has 2 aliphatic carbocycles. The molecule has 62 heavy (non-hydrogen) atoms. The van der Waals surface area contributed by atoms with E-state index in [0.29, 0.717) is 45.7 Å². The minimum Gasteiger partial charge on any atom is -0.490 e. The molecule has 1 aromatic heterocycles. The number of fused-ring (bicyclic) bond motifs is 1. The first kappa shape index (κ1) is 41.7. The minimum absolute atomic E-state index is 0.0124. The van der Waals surface area contributed by atoms with E-state index in [1.165, 1.54) is 0 Å². The van der Waals surface area contributed by atoms with Gasteiger partial charge in [0.25, 0.3) is 17.7 Å².